The second-order valence-electron chi connectivity index (χ2n) is 4.75. The molecule has 1 atom stereocenters. The molecule has 1 unspecified atom stereocenters. The fourth-order valence-electron chi connectivity index (χ4n) is 2.17. The quantitative estimate of drug-likeness (QED) is 0.740. The van der Waals surface area contributed by atoms with Crippen molar-refractivity contribution in [2.75, 3.05) is 6.54 Å². The highest BCUT2D eigenvalue weighted by Gasteiger charge is 2.10. The second kappa shape index (κ2) is 7.65. The van der Waals surface area contributed by atoms with Gasteiger partial charge in [-0.15, -0.1) is 0 Å². The fourth-order valence-corrected chi connectivity index (χ4v) is 2.53. The first kappa shape index (κ1) is 14.5. The van der Waals surface area contributed by atoms with E-state index in [1.165, 1.54) is 14.7 Å². The van der Waals surface area contributed by atoms with Crippen LogP contribution < -0.4 is 5.32 Å². The van der Waals surface area contributed by atoms with E-state index in [1.807, 2.05) is 0 Å². The van der Waals surface area contributed by atoms with Gasteiger partial charge in [0.25, 0.3) is 0 Å². The van der Waals surface area contributed by atoms with Crippen LogP contribution in [0, 0.1) is 3.57 Å². The van der Waals surface area contributed by atoms with E-state index in [9.17, 15) is 0 Å². The van der Waals surface area contributed by atoms with Crippen molar-refractivity contribution < 1.29 is 0 Å². The van der Waals surface area contributed by atoms with Gasteiger partial charge >= 0.3 is 0 Å². The van der Waals surface area contributed by atoms with Crippen molar-refractivity contribution in [3.63, 3.8) is 0 Å². The van der Waals surface area contributed by atoms with Gasteiger partial charge in [0.15, 0.2) is 0 Å². The third kappa shape index (κ3) is 4.62. The molecule has 0 heterocycles. The molecular weight excluding hydrogens is 345 g/mol. The van der Waals surface area contributed by atoms with Crippen molar-refractivity contribution in [3.05, 3.63) is 69.3 Å². The molecule has 0 bridgehead atoms. The molecule has 0 radical (unpaired) electrons. The number of nitrogens with one attached hydrogen (secondary N) is 1. The van der Waals surface area contributed by atoms with E-state index in [0.29, 0.717) is 6.04 Å². The molecule has 0 fully saturated rings. The minimum absolute atomic E-state index is 0.404. The maximum absolute atomic E-state index is 3.65. The van der Waals surface area contributed by atoms with E-state index >= 15 is 0 Å². The Morgan fingerprint density at radius 3 is 2.32 bits per heavy atom. The first-order chi connectivity index (χ1) is 9.29. The van der Waals surface area contributed by atoms with E-state index in [2.05, 4.69) is 89.4 Å². The zero-order chi connectivity index (χ0) is 13.5. The summed E-state index contributed by atoms with van der Waals surface area (Å²) in [6.07, 6.45) is 2.21. The van der Waals surface area contributed by atoms with Crippen molar-refractivity contribution in [1.82, 2.24) is 5.32 Å². The fraction of sp³-hybridized carbons (Fsp3) is 0.294. The molecule has 19 heavy (non-hydrogen) atoms. The molecule has 2 aromatic carbocycles. The average molecular weight is 365 g/mol. The smallest absolute Gasteiger partial charge is 0.0360 e. The lowest BCUT2D eigenvalue weighted by molar-refractivity contribution is 0.529. The molecular formula is C17H20IN. The SMILES string of the molecule is CCCNC(Cc1ccc(I)cc1)c1ccccc1. The van der Waals surface area contributed by atoms with Gasteiger partial charge in [0.2, 0.25) is 0 Å². The van der Waals surface area contributed by atoms with Crippen LogP contribution in [0.4, 0.5) is 0 Å². The molecule has 2 aromatic rings. The summed E-state index contributed by atoms with van der Waals surface area (Å²) in [5.74, 6) is 0. The molecule has 0 saturated heterocycles. The van der Waals surface area contributed by atoms with Crippen molar-refractivity contribution in [2.45, 2.75) is 25.8 Å². The number of hydrogen-bond donors (Lipinski definition) is 1. The summed E-state index contributed by atoms with van der Waals surface area (Å²) in [6, 6.07) is 19.9. The Hall–Kier alpha value is -0.870. The van der Waals surface area contributed by atoms with Crippen molar-refractivity contribution in [2.24, 2.45) is 0 Å². The molecule has 1 nitrogen and oxygen atoms in total. The first-order valence-electron chi connectivity index (χ1n) is 6.82. The van der Waals surface area contributed by atoms with Crippen LogP contribution in [-0.2, 0) is 6.42 Å². The molecule has 0 aliphatic heterocycles. The highest BCUT2D eigenvalue weighted by Crippen LogP contribution is 2.19. The summed E-state index contributed by atoms with van der Waals surface area (Å²) in [5.41, 5.74) is 2.76. The molecule has 0 saturated carbocycles. The Morgan fingerprint density at radius 1 is 1.00 bits per heavy atom. The van der Waals surface area contributed by atoms with Gasteiger partial charge < -0.3 is 5.32 Å². The summed E-state index contributed by atoms with van der Waals surface area (Å²) in [7, 11) is 0. The second-order valence-corrected chi connectivity index (χ2v) is 5.99. The summed E-state index contributed by atoms with van der Waals surface area (Å²) in [4.78, 5) is 0. The van der Waals surface area contributed by atoms with Crippen molar-refractivity contribution in [1.29, 1.82) is 0 Å². The molecule has 0 aromatic heterocycles. The van der Waals surface area contributed by atoms with E-state index in [1.54, 1.807) is 0 Å². The van der Waals surface area contributed by atoms with Crippen LogP contribution in [0.2, 0.25) is 0 Å². The Balaban J connectivity index is 2.11. The molecule has 0 aliphatic carbocycles. The van der Waals surface area contributed by atoms with Gasteiger partial charge in [-0.1, -0.05) is 49.4 Å². The molecule has 0 spiro atoms. The van der Waals surface area contributed by atoms with Crippen LogP contribution in [0.15, 0.2) is 54.6 Å². The Morgan fingerprint density at radius 2 is 1.68 bits per heavy atom. The van der Waals surface area contributed by atoms with Crippen LogP contribution in [-0.4, -0.2) is 6.54 Å². The van der Waals surface area contributed by atoms with E-state index in [4.69, 9.17) is 0 Å². The van der Waals surface area contributed by atoms with Gasteiger partial charge in [0.05, 0.1) is 0 Å². The highest BCUT2D eigenvalue weighted by molar-refractivity contribution is 14.1. The molecule has 0 amide bonds. The average Bonchev–Trinajstić information content (AvgIpc) is 2.46. The number of hydrogen-bond acceptors (Lipinski definition) is 1. The lowest BCUT2D eigenvalue weighted by atomic mass is 9.99. The molecule has 1 N–H and O–H groups in total. The number of rotatable bonds is 6. The topological polar surface area (TPSA) is 12.0 Å². The van der Waals surface area contributed by atoms with E-state index < -0.39 is 0 Å². The maximum atomic E-state index is 3.65. The monoisotopic (exact) mass is 365 g/mol. The summed E-state index contributed by atoms with van der Waals surface area (Å²) in [6.45, 7) is 3.27. The van der Waals surface area contributed by atoms with Gasteiger partial charge in [-0.3, -0.25) is 0 Å². The van der Waals surface area contributed by atoms with E-state index in [0.717, 1.165) is 19.4 Å². The largest absolute Gasteiger partial charge is 0.310 e. The number of halogens is 1. The van der Waals surface area contributed by atoms with Gasteiger partial charge in [0.1, 0.15) is 0 Å². The minimum atomic E-state index is 0.404. The summed E-state index contributed by atoms with van der Waals surface area (Å²) >= 11 is 2.35. The van der Waals surface area contributed by atoms with Crippen LogP contribution >= 0.6 is 22.6 Å². The standard InChI is InChI=1S/C17H20IN/c1-2-12-19-17(15-6-4-3-5-7-15)13-14-8-10-16(18)11-9-14/h3-11,17,19H,2,12-13H2,1H3. The van der Waals surface area contributed by atoms with Crippen LogP contribution in [0.1, 0.15) is 30.5 Å². The lowest BCUT2D eigenvalue weighted by Gasteiger charge is -2.19. The van der Waals surface area contributed by atoms with Crippen LogP contribution in [0.25, 0.3) is 0 Å². The Kier molecular flexibility index (Phi) is 5.86. The number of benzene rings is 2. The van der Waals surface area contributed by atoms with Gasteiger partial charge in [0, 0.05) is 9.61 Å². The normalized spacial score (nSPS) is 12.3. The lowest BCUT2D eigenvalue weighted by Crippen LogP contribution is -2.24. The predicted octanol–water partition coefficient (Wildman–Crippen LogP) is 4.57. The maximum Gasteiger partial charge on any atom is 0.0360 e. The Bertz CT molecular complexity index is 478. The zero-order valence-corrected chi connectivity index (χ0v) is 13.4. The molecule has 0 aliphatic rings. The predicted molar refractivity (Wildman–Crippen MR) is 90.3 cm³/mol. The van der Waals surface area contributed by atoms with Crippen LogP contribution in [0.5, 0.6) is 0 Å². The van der Waals surface area contributed by atoms with Crippen molar-refractivity contribution >= 4 is 22.6 Å². The van der Waals surface area contributed by atoms with Gasteiger partial charge in [-0.2, -0.15) is 0 Å². The first-order valence-corrected chi connectivity index (χ1v) is 7.90. The van der Waals surface area contributed by atoms with Crippen LogP contribution in [0.3, 0.4) is 0 Å². The third-order valence-electron chi connectivity index (χ3n) is 3.20. The summed E-state index contributed by atoms with van der Waals surface area (Å²) in [5, 5.41) is 3.65. The molecule has 2 rings (SSSR count). The Labute approximate surface area is 129 Å². The summed E-state index contributed by atoms with van der Waals surface area (Å²) < 4.78 is 1.29. The zero-order valence-electron chi connectivity index (χ0n) is 11.3. The highest BCUT2D eigenvalue weighted by atomic mass is 127. The van der Waals surface area contributed by atoms with Crippen molar-refractivity contribution in [3.8, 4) is 0 Å². The molecule has 2 heteroatoms. The minimum Gasteiger partial charge on any atom is -0.310 e. The van der Waals surface area contributed by atoms with E-state index in [-0.39, 0.29) is 0 Å². The third-order valence-corrected chi connectivity index (χ3v) is 3.91. The van der Waals surface area contributed by atoms with Gasteiger partial charge in [-0.05, 0) is 65.2 Å². The van der Waals surface area contributed by atoms with Gasteiger partial charge in [-0.25, -0.2) is 0 Å². The molecule has 100 valence electrons.